The van der Waals surface area contributed by atoms with Crippen LogP contribution in [-0.4, -0.2) is 29.8 Å². The van der Waals surface area contributed by atoms with Crippen LogP contribution >= 0.6 is 0 Å². The fourth-order valence-electron chi connectivity index (χ4n) is 2.62. The van der Waals surface area contributed by atoms with Crippen molar-refractivity contribution in [3.8, 4) is 0 Å². The first-order valence-corrected chi connectivity index (χ1v) is 6.85. The van der Waals surface area contributed by atoms with Crippen LogP contribution in [0.15, 0.2) is 0 Å². The van der Waals surface area contributed by atoms with Crippen LogP contribution in [0.1, 0.15) is 45.4 Å². The van der Waals surface area contributed by atoms with Crippen molar-refractivity contribution in [2.45, 2.75) is 57.7 Å². The second-order valence-corrected chi connectivity index (χ2v) is 5.38. The Balaban J connectivity index is 2.46. The fraction of sp³-hybridized carbons (Fsp3) is 0.923. The van der Waals surface area contributed by atoms with Gasteiger partial charge in [0.05, 0.1) is 0 Å². The van der Waals surface area contributed by atoms with Crippen molar-refractivity contribution < 1.29 is 23.1 Å². The summed E-state index contributed by atoms with van der Waals surface area (Å²) in [5.74, 6) is -3.78. The molecule has 19 heavy (non-hydrogen) atoms. The van der Waals surface area contributed by atoms with Crippen LogP contribution in [0.3, 0.4) is 0 Å². The summed E-state index contributed by atoms with van der Waals surface area (Å²) in [6.45, 7) is 1.31. The molecule has 0 aliphatic heterocycles. The van der Waals surface area contributed by atoms with Crippen molar-refractivity contribution >= 4 is 5.97 Å². The first-order valence-electron chi connectivity index (χ1n) is 6.85. The lowest BCUT2D eigenvalue weighted by molar-refractivity contribution is -0.192. The number of alkyl halides is 3. The lowest BCUT2D eigenvalue weighted by atomic mass is 9.92. The molecule has 0 saturated heterocycles. The van der Waals surface area contributed by atoms with Gasteiger partial charge in [-0.05, 0) is 25.7 Å². The summed E-state index contributed by atoms with van der Waals surface area (Å²) in [6, 6.07) is -0.0673. The largest absolute Gasteiger partial charge is 0.481 e. The van der Waals surface area contributed by atoms with E-state index >= 15 is 0 Å². The van der Waals surface area contributed by atoms with E-state index in [9.17, 15) is 18.0 Å². The Morgan fingerprint density at radius 1 is 1.26 bits per heavy atom. The first kappa shape index (κ1) is 16.3. The van der Waals surface area contributed by atoms with Gasteiger partial charge >= 0.3 is 12.1 Å². The molecule has 1 unspecified atom stereocenters. The highest BCUT2D eigenvalue weighted by Crippen LogP contribution is 2.28. The maximum absolute atomic E-state index is 12.5. The SMILES string of the molecule is C[C@@H](NCC(C(=O)O)C(F)(F)F)C1CCCCCC1. The van der Waals surface area contributed by atoms with Crippen molar-refractivity contribution in [1.82, 2.24) is 5.32 Å². The van der Waals surface area contributed by atoms with Gasteiger partial charge in [0.25, 0.3) is 0 Å². The lowest BCUT2D eigenvalue weighted by Crippen LogP contribution is -2.44. The minimum atomic E-state index is -4.69. The molecule has 0 spiro atoms. The molecule has 0 aromatic rings. The molecule has 1 aliphatic rings. The van der Waals surface area contributed by atoms with Gasteiger partial charge in [-0.25, -0.2) is 0 Å². The molecule has 2 atom stereocenters. The van der Waals surface area contributed by atoms with E-state index < -0.39 is 24.6 Å². The summed E-state index contributed by atoms with van der Waals surface area (Å²) >= 11 is 0. The van der Waals surface area contributed by atoms with Gasteiger partial charge in [-0.1, -0.05) is 25.7 Å². The van der Waals surface area contributed by atoms with Crippen molar-refractivity contribution in [2.24, 2.45) is 11.8 Å². The highest BCUT2D eigenvalue weighted by Gasteiger charge is 2.45. The predicted octanol–water partition coefficient (Wildman–Crippen LogP) is 3.20. The van der Waals surface area contributed by atoms with Crippen LogP contribution in [0.5, 0.6) is 0 Å². The van der Waals surface area contributed by atoms with E-state index in [4.69, 9.17) is 5.11 Å². The molecule has 0 bridgehead atoms. The summed E-state index contributed by atoms with van der Waals surface area (Å²) in [6.07, 6.45) is 1.92. The quantitative estimate of drug-likeness (QED) is 0.761. The number of hydrogen-bond acceptors (Lipinski definition) is 2. The number of nitrogens with one attached hydrogen (secondary N) is 1. The Hall–Kier alpha value is -0.780. The molecule has 1 saturated carbocycles. The van der Waals surface area contributed by atoms with Gasteiger partial charge in [-0.15, -0.1) is 0 Å². The molecule has 1 aliphatic carbocycles. The van der Waals surface area contributed by atoms with Crippen LogP contribution in [0.25, 0.3) is 0 Å². The Bertz CT molecular complexity index is 286. The highest BCUT2D eigenvalue weighted by atomic mass is 19.4. The molecule has 0 amide bonds. The molecular formula is C13H22F3NO2. The third kappa shape index (κ3) is 5.38. The predicted molar refractivity (Wildman–Crippen MR) is 65.8 cm³/mol. The normalized spacial score (nSPS) is 21.7. The van der Waals surface area contributed by atoms with E-state index in [0.717, 1.165) is 25.7 Å². The molecule has 112 valence electrons. The van der Waals surface area contributed by atoms with Gasteiger partial charge in [-0.3, -0.25) is 4.79 Å². The summed E-state index contributed by atoms with van der Waals surface area (Å²) < 4.78 is 37.5. The molecule has 0 aromatic heterocycles. The molecule has 0 radical (unpaired) electrons. The van der Waals surface area contributed by atoms with Crippen molar-refractivity contribution in [3.63, 3.8) is 0 Å². The molecular weight excluding hydrogens is 259 g/mol. The number of rotatable bonds is 5. The number of hydrogen-bond donors (Lipinski definition) is 2. The molecule has 2 N–H and O–H groups in total. The monoisotopic (exact) mass is 281 g/mol. The van der Waals surface area contributed by atoms with Crippen LogP contribution in [0.4, 0.5) is 13.2 Å². The summed E-state index contributed by atoms with van der Waals surface area (Å²) in [5.41, 5.74) is 0. The molecule has 0 aromatic carbocycles. The Kier molecular flexibility index (Phi) is 6.10. The third-order valence-electron chi connectivity index (χ3n) is 3.94. The first-order chi connectivity index (χ1) is 8.82. The van der Waals surface area contributed by atoms with E-state index in [1.54, 1.807) is 0 Å². The minimum absolute atomic E-state index is 0.0673. The fourth-order valence-corrected chi connectivity index (χ4v) is 2.62. The van der Waals surface area contributed by atoms with E-state index in [1.165, 1.54) is 12.8 Å². The van der Waals surface area contributed by atoms with E-state index in [1.807, 2.05) is 6.92 Å². The zero-order valence-electron chi connectivity index (χ0n) is 11.2. The van der Waals surface area contributed by atoms with E-state index in [-0.39, 0.29) is 6.04 Å². The van der Waals surface area contributed by atoms with Crippen molar-refractivity contribution in [3.05, 3.63) is 0 Å². The van der Waals surface area contributed by atoms with Crippen molar-refractivity contribution in [1.29, 1.82) is 0 Å². The minimum Gasteiger partial charge on any atom is -0.481 e. The van der Waals surface area contributed by atoms with Crippen molar-refractivity contribution in [2.75, 3.05) is 6.54 Å². The number of halogens is 3. The highest BCUT2D eigenvalue weighted by molar-refractivity contribution is 5.71. The number of carboxylic acids is 1. The Labute approximate surface area is 111 Å². The molecule has 6 heteroatoms. The van der Waals surface area contributed by atoms with E-state index in [2.05, 4.69) is 5.32 Å². The zero-order chi connectivity index (χ0) is 14.5. The standard InChI is InChI=1S/C13H22F3NO2/c1-9(10-6-4-2-3-5-7-10)17-8-11(12(18)19)13(14,15)16/h9-11,17H,2-8H2,1H3,(H,18,19)/t9-,11?/m1/s1. The van der Waals surface area contributed by atoms with Crippen LogP contribution < -0.4 is 5.32 Å². The topological polar surface area (TPSA) is 49.3 Å². The van der Waals surface area contributed by atoms with Gasteiger partial charge in [0.2, 0.25) is 0 Å². The maximum Gasteiger partial charge on any atom is 0.403 e. The lowest BCUT2D eigenvalue weighted by Gasteiger charge is -2.26. The molecule has 0 heterocycles. The Morgan fingerprint density at radius 3 is 2.21 bits per heavy atom. The maximum atomic E-state index is 12.5. The van der Waals surface area contributed by atoms with Crippen LogP contribution in [0, 0.1) is 11.8 Å². The number of carbonyl (C=O) groups is 1. The van der Waals surface area contributed by atoms with Gasteiger partial charge in [-0.2, -0.15) is 13.2 Å². The third-order valence-corrected chi connectivity index (χ3v) is 3.94. The summed E-state index contributed by atoms with van der Waals surface area (Å²) in [5, 5.41) is 11.4. The van der Waals surface area contributed by atoms with Gasteiger partial charge in [0.15, 0.2) is 5.92 Å². The average molecular weight is 281 g/mol. The molecule has 3 nitrogen and oxygen atoms in total. The molecule has 1 fully saturated rings. The number of aliphatic carboxylic acids is 1. The average Bonchev–Trinajstić information content (AvgIpc) is 2.54. The smallest absolute Gasteiger partial charge is 0.403 e. The van der Waals surface area contributed by atoms with Gasteiger partial charge in [0, 0.05) is 12.6 Å². The second-order valence-electron chi connectivity index (χ2n) is 5.38. The van der Waals surface area contributed by atoms with Gasteiger partial charge < -0.3 is 10.4 Å². The van der Waals surface area contributed by atoms with Gasteiger partial charge in [0.1, 0.15) is 0 Å². The zero-order valence-corrected chi connectivity index (χ0v) is 11.2. The van der Waals surface area contributed by atoms with E-state index in [0.29, 0.717) is 5.92 Å². The van der Waals surface area contributed by atoms with Crippen LogP contribution in [0.2, 0.25) is 0 Å². The molecule has 1 rings (SSSR count). The van der Waals surface area contributed by atoms with Crippen LogP contribution in [-0.2, 0) is 4.79 Å². The number of carboxylic acid groups (broad SMARTS) is 1. The Morgan fingerprint density at radius 2 is 1.79 bits per heavy atom. The summed E-state index contributed by atoms with van der Waals surface area (Å²) in [7, 11) is 0. The summed E-state index contributed by atoms with van der Waals surface area (Å²) in [4.78, 5) is 10.6. The second kappa shape index (κ2) is 7.12.